The Labute approximate surface area is 139 Å². The third kappa shape index (κ3) is 2.21. The summed E-state index contributed by atoms with van der Waals surface area (Å²) in [5, 5.41) is 9.14. The van der Waals surface area contributed by atoms with E-state index in [1.165, 1.54) is 17.5 Å². The van der Waals surface area contributed by atoms with E-state index < -0.39 is 5.97 Å². The molecule has 0 atom stereocenters. The standard InChI is InChI=1S/C18H19N3O3/c22-16(14-15(17(23)24)20-11-19-14)21-9-7-18(8-10-21)6-5-12-3-1-2-4-13(12)18/h1-4,11H,5-10H2,(H,19,20)(H,23,24). The van der Waals surface area contributed by atoms with Gasteiger partial charge in [-0.15, -0.1) is 0 Å². The van der Waals surface area contributed by atoms with Gasteiger partial charge in [0.25, 0.3) is 5.91 Å². The number of aromatic nitrogens is 2. The number of nitrogens with zero attached hydrogens (tertiary/aromatic N) is 2. The number of carbonyl (C=O) groups is 2. The fourth-order valence-corrected chi connectivity index (χ4v) is 4.19. The number of hydrogen-bond donors (Lipinski definition) is 2. The lowest BCUT2D eigenvalue weighted by Crippen LogP contribution is -2.44. The van der Waals surface area contributed by atoms with Crippen molar-refractivity contribution in [2.45, 2.75) is 31.1 Å². The second-order valence-electron chi connectivity index (χ2n) is 6.66. The van der Waals surface area contributed by atoms with Gasteiger partial charge in [-0.05, 0) is 42.2 Å². The third-order valence-electron chi connectivity index (χ3n) is 5.53. The van der Waals surface area contributed by atoms with E-state index in [1.807, 2.05) is 0 Å². The summed E-state index contributed by atoms with van der Waals surface area (Å²) in [6.45, 7) is 1.28. The molecule has 1 aliphatic heterocycles. The summed E-state index contributed by atoms with van der Waals surface area (Å²) < 4.78 is 0. The normalized spacial score (nSPS) is 18.6. The number of aromatic amines is 1. The maximum atomic E-state index is 12.6. The molecule has 0 saturated carbocycles. The molecule has 1 aromatic heterocycles. The van der Waals surface area contributed by atoms with Crippen LogP contribution in [-0.4, -0.2) is 44.9 Å². The highest BCUT2D eigenvalue weighted by molar-refractivity contribution is 6.02. The highest BCUT2D eigenvalue weighted by Gasteiger charge is 2.42. The SMILES string of the molecule is O=C(O)c1[nH]cnc1C(=O)N1CCC2(CCc3ccccc32)CC1. The first kappa shape index (κ1) is 14.9. The van der Waals surface area contributed by atoms with Gasteiger partial charge in [-0.1, -0.05) is 24.3 Å². The van der Waals surface area contributed by atoms with Gasteiger partial charge in [0, 0.05) is 13.1 Å². The molecule has 1 aliphatic carbocycles. The Kier molecular flexibility index (Phi) is 3.40. The molecule has 2 aromatic rings. The number of amides is 1. The number of rotatable bonds is 2. The van der Waals surface area contributed by atoms with Gasteiger partial charge in [0.15, 0.2) is 11.4 Å². The average molecular weight is 325 g/mol. The molecule has 1 amide bonds. The van der Waals surface area contributed by atoms with E-state index in [4.69, 9.17) is 5.11 Å². The van der Waals surface area contributed by atoms with Crippen molar-refractivity contribution in [1.82, 2.24) is 14.9 Å². The van der Waals surface area contributed by atoms with Crippen molar-refractivity contribution >= 4 is 11.9 Å². The molecule has 0 radical (unpaired) electrons. The summed E-state index contributed by atoms with van der Waals surface area (Å²) in [6.07, 6.45) is 5.34. The number of benzene rings is 1. The Balaban J connectivity index is 1.52. The van der Waals surface area contributed by atoms with Crippen molar-refractivity contribution in [3.05, 3.63) is 53.1 Å². The molecule has 124 valence electrons. The number of nitrogens with one attached hydrogen (secondary N) is 1. The summed E-state index contributed by atoms with van der Waals surface area (Å²) in [6, 6.07) is 8.59. The molecule has 24 heavy (non-hydrogen) atoms. The fourth-order valence-electron chi connectivity index (χ4n) is 4.19. The molecule has 4 rings (SSSR count). The van der Waals surface area contributed by atoms with Gasteiger partial charge in [0.1, 0.15) is 0 Å². The number of likely N-dealkylation sites (tertiary alicyclic amines) is 1. The number of carboxylic acids is 1. The van der Waals surface area contributed by atoms with Crippen LogP contribution >= 0.6 is 0 Å². The highest BCUT2D eigenvalue weighted by Crippen LogP contribution is 2.46. The van der Waals surface area contributed by atoms with Crippen LogP contribution in [-0.2, 0) is 11.8 Å². The predicted octanol–water partition coefficient (Wildman–Crippen LogP) is 2.23. The lowest BCUT2D eigenvalue weighted by Gasteiger charge is -2.40. The van der Waals surface area contributed by atoms with E-state index in [9.17, 15) is 9.59 Å². The molecular formula is C18H19N3O3. The van der Waals surface area contributed by atoms with Gasteiger partial charge in [-0.25, -0.2) is 9.78 Å². The Hall–Kier alpha value is -2.63. The first-order chi connectivity index (χ1) is 11.6. The number of aromatic carboxylic acids is 1. The highest BCUT2D eigenvalue weighted by atomic mass is 16.4. The van der Waals surface area contributed by atoms with Gasteiger partial charge in [0.05, 0.1) is 6.33 Å². The van der Waals surface area contributed by atoms with E-state index in [0.717, 1.165) is 25.7 Å². The molecule has 2 aliphatic rings. The molecular weight excluding hydrogens is 306 g/mol. The van der Waals surface area contributed by atoms with Crippen LogP contribution in [0.5, 0.6) is 0 Å². The molecule has 1 saturated heterocycles. The fraction of sp³-hybridized carbons (Fsp3) is 0.389. The smallest absolute Gasteiger partial charge is 0.354 e. The summed E-state index contributed by atoms with van der Waals surface area (Å²) in [5.74, 6) is -1.45. The number of hydrogen-bond acceptors (Lipinski definition) is 3. The van der Waals surface area contributed by atoms with Crippen molar-refractivity contribution in [2.75, 3.05) is 13.1 Å². The molecule has 1 fully saturated rings. The Morgan fingerprint density at radius 3 is 2.67 bits per heavy atom. The van der Waals surface area contributed by atoms with Crippen LogP contribution in [0, 0.1) is 0 Å². The number of aryl methyl sites for hydroxylation is 1. The Morgan fingerprint density at radius 1 is 1.17 bits per heavy atom. The zero-order valence-electron chi connectivity index (χ0n) is 13.3. The van der Waals surface area contributed by atoms with Crippen molar-refractivity contribution in [2.24, 2.45) is 0 Å². The Morgan fingerprint density at radius 2 is 1.92 bits per heavy atom. The minimum atomic E-state index is -1.16. The van der Waals surface area contributed by atoms with Crippen molar-refractivity contribution < 1.29 is 14.7 Å². The van der Waals surface area contributed by atoms with Crippen LogP contribution in [0.3, 0.4) is 0 Å². The molecule has 0 bridgehead atoms. The van der Waals surface area contributed by atoms with Gasteiger partial charge < -0.3 is 15.0 Å². The van der Waals surface area contributed by atoms with Crippen LogP contribution in [0.25, 0.3) is 0 Å². The first-order valence-corrected chi connectivity index (χ1v) is 8.25. The summed E-state index contributed by atoms with van der Waals surface area (Å²) in [7, 11) is 0. The van der Waals surface area contributed by atoms with E-state index in [2.05, 4.69) is 34.2 Å². The molecule has 1 spiro atoms. The molecule has 2 heterocycles. The monoisotopic (exact) mass is 325 g/mol. The second-order valence-corrected chi connectivity index (χ2v) is 6.66. The Bertz CT molecular complexity index is 803. The average Bonchev–Trinajstić information content (AvgIpc) is 3.22. The van der Waals surface area contributed by atoms with Crippen molar-refractivity contribution in [3.63, 3.8) is 0 Å². The minimum absolute atomic E-state index is 0.00488. The maximum absolute atomic E-state index is 12.6. The molecule has 1 aromatic carbocycles. The van der Waals surface area contributed by atoms with Crippen LogP contribution in [0.2, 0.25) is 0 Å². The van der Waals surface area contributed by atoms with Crippen LogP contribution in [0.1, 0.15) is 51.4 Å². The van der Waals surface area contributed by atoms with E-state index >= 15 is 0 Å². The number of fused-ring (bicyclic) bond motifs is 2. The number of carbonyl (C=O) groups excluding carboxylic acids is 1. The van der Waals surface area contributed by atoms with Crippen molar-refractivity contribution in [3.8, 4) is 0 Å². The third-order valence-corrected chi connectivity index (χ3v) is 5.53. The summed E-state index contributed by atoms with van der Waals surface area (Å²) >= 11 is 0. The minimum Gasteiger partial charge on any atom is -0.477 e. The van der Waals surface area contributed by atoms with E-state index in [1.54, 1.807) is 4.90 Å². The lowest BCUT2D eigenvalue weighted by molar-refractivity contribution is 0.0630. The molecule has 2 N–H and O–H groups in total. The van der Waals surface area contributed by atoms with Crippen LogP contribution < -0.4 is 0 Å². The maximum Gasteiger partial charge on any atom is 0.354 e. The molecule has 6 heteroatoms. The summed E-state index contributed by atoms with van der Waals surface area (Å²) in [5.41, 5.74) is 2.91. The quantitative estimate of drug-likeness (QED) is 0.886. The van der Waals surface area contributed by atoms with E-state index in [-0.39, 0.29) is 22.7 Å². The van der Waals surface area contributed by atoms with Gasteiger partial charge in [0.2, 0.25) is 0 Å². The second kappa shape index (κ2) is 5.47. The van der Waals surface area contributed by atoms with Crippen LogP contribution in [0.15, 0.2) is 30.6 Å². The molecule has 0 unspecified atom stereocenters. The lowest BCUT2D eigenvalue weighted by atomic mass is 9.74. The van der Waals surface area contributed by atoms with Gasteiger partial charge >= 0.3 is 5.97 Å². The molecule has 6 nitrogen and oxygen atoms in total. The number of carboxylic acid groups (broad SMARTS) is 1. The van der Waals surface area contributed by atoms with Crippen LogP contribution in [0.4, 0.5) is 0 Å². The zero-order valence-corrected chi connectivity index (χ0v) is 13.3. The topological polar surface area (TPSA) is 86.3 Å². The first-order valence-electron chi connectivity index (χ1n) is 8.25. The number of imidazole rings is 1. The van der Waals surface area contributed by atoms with Gasteiger partial charge in [-0.2, -0.15) is 0 Å². The van der Waals surface area contributed by atoms with E-state index in [0.29, 0.717) is 13.1 Å². The zero-order chi connectivity index (χ0) is 16.7. The summed E-state index contributed by atoms with van der Waals surface area (Å²) in [4.78, 5) is 32.0. The number of H-pyrrole nitrogens is 1. The van der Waals surface area contributed by atoms with Gasteiger partial charge in [-0.3, -0.25) is 4.79 Å². The van der Waals surface area contributed by atoms with Crippen molar-refractivity contribution in [1.29, 1.82) is 0 Å². The number of piperidine rings is 1. The predicted molar refractivity (Wildman–Crippen MR) is 87.1 cm³/mol. The largest absolute Gasteiger partial charge is 0.477 e.